The second-order valence-corrected chi connectivity index (χ2v) is 4.59. The lowest BCUT2D eigenvalue weighted by molar-refractivity contribution is -0.145. The van der Waals surface area contributed by atoms with Gasteiger partial charge in [0.15, 0.2) is 0 Å². The van der Waals surface area contributed by atoms with Crippen molar-refractivity contribution in [2.24, 2.45) is 0 Å². The maximum atomic E-state index is 12.2. The van der Waals surface area contributed by atoms with Gasteiger partial charge in [0.05, 0.1) is 6.54 Å². The number of nitrogens with one attached hydrogen (secondary N) is 1. The maximum Gasteiger partial charge on any atom is 0.245 e. The minimum atomic E-state index is -0.347. The van der Waals surface area contributed by atoms with Crippen molar-refractivity contribution >= 4 is 11.8 Å². The zero-order chi connectivity index (χ0) is 13.0. The van der Waals surface area contributed by atoms with Crippen molar-refractivity contribution in [3.63, 3.8) is 0 Å². The first-order valence-electron chi connectivity index (χ1n) is 6.32. The molecule has 2 rings (SSSR count). The minimum Gasteiger partial charge on any atom is -0.343 e. The largest absolute Gasteiger partial charge is 0.343 e. The van der Waals surface area contributed by atoms with Crippen molar-refractivity contribution in [3.8, 4) is 0 Å². The number of rotatable bonds is 4. The normalized spacial score (nSPS) is 19.8. The third kappa shape index (κ3) is 2.88. The van der Waals surface area contributed by atoms with Gasteiger partial charge in [0.1, 0.15) is 6.04 Å². The van der Waals surface area contributed by atoms with Crippen LogP contribution in [-0.2, 0) is 16.1 Å². The number of hydrogen-bond acceptors (Lipinski definition) is 2. The highest BCUT2D eigenvalue weighted by Gasteiger charge is 2.31. The van der Waals surface area contributed by atoms with Gasteiger partial charge in [-0.25, -0.2) is 0 Å². The van der Waals surface area contributed by atoms with E-state index in [4.69, 9.17) is 0 Å². The molecule has 2 amide bonds. The molecule has 1 atom stereocenters. The Balaban J connectivity index is 2.07. The summed E-state index contributed by atoms with van der Waals surface area (Å²) in [5, 5.41) is 2.75. The van der Waals surface area contributed by atoms with E-state index >= 15 is 0 Å². The fourth-order valence-corrected chi connectivity index (χ4v) is 2.20. The number of carbonyl (C=O) groups excluding carboxylic acids is 2. The number of benzene rings is 1. The predicted octanol–water partition coefficient (Wildman–Crippen LogP) is 1.31. The summed E-state index contributed by atoms with van der Waals surface area (Å²) in [4.78, 5) is 25.4. The van der Waals surface area contributed by atoms with Crippen molar-refractivity contribution in [3.05, 3.63) is 35.9 Å². The van der Waals surface area contributed by atoms with Gasteiger partial charge in [-0.3, -0.25) is 9.59 Å². The molecule has 0 aliphatic carbocycles. The molecule has 4 heteroatoms. The van der Waals surface area contributed by atoms with Gasteiger partial charge in [-0.2, -0.15) is 0 Å². The number of amides is 2. The quantitative estimate of drug-likeness (QED) is 0.871. The van der Waals surface area contributed by atoms with Crippen molar-refractivity contribution < 1.29 is 9.59 Å². The van der Waals surface area contributed by atoms with Crippen molar-refractivity contribution in [2.75, 3.05) is 6.54 Å². The summed E-state index contributed by atoms with van der Waals surface area (Å²) < 4.78 is 0. The van der Waals surface area contributed by atoms with E-state index in [1.165, 1.54) is 0 Å². The molecule has 1 aromatic carbocycles. The highest BCUT2D eigenvalue weighted by Crippen LogP contribution is 2.12. The van der Waals surface area contributed by atoms with E-state index < -0.39 is 0 Å². The summed E-state index contributed by atoms with van der Waals surface area (Å²) in [6.07, 6.45) is 1.59. The fraction of sp³-hybridized carbons (Fsp3) is 0.429. The molecular formula is C14H18N2O2. The van der Waals surface area contributed by atoms with Gasteiger partial charge in [-0.1, -0.05) is 43.7 Å². The van der Waals surface area contributed by atoms with E-state index in [0.29, 0.717) is 13.0 Å². The van der Waals surface area contributed by atoms with Gasteiger partial charge in [0, 0.05) is 6.54 Å². The van der Waals surface area contributed by atoms with Gasteiger partial charge >= 0.3 is 0 Å². The lowest BCUT2D eigenvalue weighted by atomic mass is 10.1. The molecule has 0 radical (unpaired) electrons. The Hall–Kier alpha value is -1.84. The lowest BCUT2D eigenvalue weighted by Crippen LogP contribution is -2.57. The number of carbonyl (C=O) groups is 2. The molecule has 0 spiro atoms. The number of nitrogens with zero attached hydrogens (tertiary/aromatic N) is 1. The Morgan fingerprint density at radius 3 is 2.67 bits per heavy atom. The number of hydrogen-bond donors (Lipinski definition) is 1. The Bertz CT molecular complexity index is 431. The van der Waals surface area contributed by atoms with Crippen LogP contribution in [0.2, 0.25) is 0 Å². The fourth-order valence-electron chi connectivity index (χ4n) is 2.20. The van der Waals surface area contributed by atoms with Gasteiger partial charge in [0.25, 0.3) is 0 Å². The van der Waals surface area contributed by atoms with Gasteiger partial charge in [-0.15, -0.1) is 0 Å². The molecule has 0 bridgehead atoms. The molecule has 1 N–H and O–H groups in total. The molecule has 1 aliphatic rings. The molecule has 0 aromatic heterocycles. The highest BCUT2D eigenvalue weighted by atomic mass is 16.2. The summed E-state index contributed by atoms with van der Waals surface area (Å²) in [5.74, 6) is -0.0377. The first kappa shape index (κ1) is 12.6. The third-order valence-corrected chi connectivity index (χ3v) is 3.07. The van der Waals surface area contributed by atoms with E-state index in [9.17, 15) is 9.59 Å². The van der Waals surface area contributed by atoms with Crippen LogP contribution in [0.4, 0.5) is 0 Å². The summed E-state index contributed by atoms with van der Waals surface area (Å²) in [7, 11) is 0. The molecule has 1 heterocycles. The van der Waals surface area contributed by atoms with Crippen LogP contribution < -0.4 is 5.32 Å². The molecule has 4 nitrogen and oxygen atoms in total. The average Bonchev–Trinajstić information content (AvgIpc) is 2.36. The maximum absolute atomic E-state index is 12.2. The first-order valence-corrected chi connectivity index (χ1v) is 6.32. The average molecular weight is 246 g/mol. The van der Waals surface area contributed by atoms with Crippen molar-refractivity contribution in [1.29, 1.82) is 0 Å². The highest BCUT2D eigenvalue weighted by molar-refractivity contribution is 5.94. The lowest BCUT2D eigenvalue weighted by Gasteiger charge is -2.32. The van der Waals surface area contributed by atoms with Crippen molar-refractivity contribution in [1.82, 2.24) is 10.2 Å². The molecule has 18 heavy (non-hydrogen) atoms. The zero-order valence-electron chi connectivity index (χ0n) is 10.6. The SMILES string of the molecule is CCC[C@@H]1NC(=O)CN(Cc2ccccc2)C1=O. The molecule has 96 valence electrons. The summed E-state index contributed by atoms with van der Waals surface area (Å²) in [6.45, 7) is 2.68. The first-order chi connectivity index (χ1) is 8.70. The Kier molecular flexibility index (Phi) is 3.97. The number of piperazine rings is 1. The second-order valence-electron chi connectivity index (χ2n) is 4.59. The van der Waals surface area contributed by atoms with Crippen LogP contribution in [-0.4, -0.2) is 29.3 Å². The van der Waals surface area contributed by atoms with Crippen LogP contribution >= 0.6 is 0 Å². The van der Waals surface area contributed by atoms with E-state index in [1.807, 2.05) is 37.3 Å². The smallest absolute Gasteiger partial charge is 0.245 e. The standard InChI is InChI=1S/C14H18N2O2/c1-2-6-12-14(18)16(10-13(17)15-12)9-11-7-4-3-5-8-11/h3-5,7-8,12H,2,6,9-10H2,1H3,(H,15,17)/t12-/m0/s1. The van der Waals surface area contributed by atoms with Gasteiger partial charge in [0.2, 0.25) is 11.8 Å². The minimum absolute atomic E-state index is 0.0281. The van der Waals surface area contributed by atoms with Crippen LogP contribution in [0.1, 0.15) is 25.3 Å². The van der Waals surface area contributed by atoms with Crippen LogP contribution in [0.15, 0.2) is 30.3 Å². The summed E-state index contributed by atoms with van der Waals surface area (Å²) in [6, 6.07) is 9.40. The Morgan fingerprint density at radius 2 is 2.00 bits per heavy atom. The predicted molar refractivity (Wildman–Crippen MR) is 68.7 cm³/mol. The Morgan fingerprint density at radius 1 is 1.28 bits per heavy atom. The van der Waals surface area contributed by atoms with Gasteiger partial charge < -0.3 is 10.2 Å². The third-order valence-electron chi connectivity index (χ3n) is 3.07. The zero-order valence-corrected chi connectivity index (χ0v) is 10.6. The summed E-state index contributed by atoms with van der Waals surface area (Å²) >= 11 is 0. The van der Waals surface area contributed by atoms with Crippen LogP contribution in [0.3, 0.4) is 0 Å². The molecule has 1 aliphatic heterocycles. The second kappa shape index (κ2) is 5.67. The van der Waals surface area contributed by atoms with Crippen LogP contribution in [0.5, 0.6) is 0 Å². The van der Waals surface area contributed by atoms with Crippen LogP contribution in [0, 0.1) is 0 Å². The molecule has 1 aromatic rings. The van der Waals surface area contributed by atoms with E-state index in [1.54, 1.807) is 4.90 Å². The molecule has 1 fully saturated rings. The van der Waals surface area contributed by atoms with Crippen LogP contribution in [0.25, 0.3) is 0 Å². The molecular weight excluding hydrogens is 228 g/mol. The van der Waals surface area contributed by atoms with E-state index in [2.05, 4.69) is 5.32 Å². The Labute approximate surface area is 107 Å². The van der Waals surface area contributed by atoms with E-state index in [-0.39, 0.29) is 24.4 Å². The van der Waals surface area contributed by atoms with Crippen molar-refractivity contribution in [2.45, 2.75) is 32.4 Å². The molecule has 0 unspecified atom stereocenters. The monoisotopic (exact) mass is 246 g/mol. The topological polar surface area (TPSA) is 49.4 Å². The molecule has 1 saturated heterocycles. The van der Waals surface area contributed by atoms with Gasteiger partial charge in [-0.05, 0) is 12.0 Å². The molecule has 0 saturated carbocycles. The van der Waals surface area contributed by atoms with E-state index in [0.717, 1.165) is 12.0 Å². The summed E-state index contributed by atoms with van der Waals surface area (Å²) in [5.41, 5.74) is 1.05.